The molecule has 0 aliphatic heterocycles. The normalized spacial score (nSPS) is 13.8. The lowest BCUT2D eigenvalue weighted by Gasteiger charge is -2.11. The van der Waals surface area contributed by atoms with Gasteiger partial charge in [0.25, 0.3) is 0 Å². The topological polar surface area (TPSA) is 51.8 Å². The van der Waals surface area contributed by atoms with Crippen LogP contribution < -0.4 is 0 Å². The molecule has 0 saturated heterocycles. The second kappa shape index (κ2) is 14.0. The fourth-order valence-electron chi connectivity index (χ4n) is 8.05. The maximum absolute atomic E-state index is 9.34. The van der Waals surface area contributed by atoms with Crippen molar-refractivity contribution in [1.82, 2.24) is 15.0 Å². The summed E-state index contributed by atoms with van der Waals surface area (Å²) in [6.07, 6.45) is 0. The molecule has 5 heteroatoms. The van der Waals surface area contributed by atoms with E-state index in [0.29, 0.717) is 39.7 Å². The van der Waals surface area contributed by atoms with Crippen molar-refractivity contribution in [3.05, 3.63) is 200 Å². The van der Waals surface area contributed by atoms with Crippen molar-refractivity contribution in [3.8, 4) is 67.5 Å². The van der Waals surface area contributed by atoms with E-state index in [0.717, 1.165) is 55.5 Å². The van der Waals surface area contributed by atoms with E-state index in [2.05, 4.69) is 18.2 Å². The Morgan fingerprint density at radius 2 is 1.05 bits per heavy atom. The first-order chi connectivity index (χ1) is 33.5. The van der Waals surface area contributed by atoms with E-state index >= 15 is 0 Å². The Hall–Kier alpha value is -7.73. The van der Waals surface area contributed by atoms with Gasteiger partial charge in [0.1, 0.15) is 11.2 Å². The van der Waals surface area contributed by atoms with Gasteiger partial charge in [-0.05, 0) is 80.5 Å². The highest BCUT2D eigenvalue weighted by Crippen LogP contribution is 2.44. The number of nitrogens with zero attached hydrogens (tertiary/aromatic N) is 3. The molecule has 0 radical (unpaired) electrons. The van der Waals surface area contributed by atoms with Crippen LogP contribution >= 0.6 is 11.3 Å². The summed E-state index contributed by atoms with van der Waals surface area (Å²) in [5.41, 5.74) is 8.23. The molecule has 280 valence electrons. The van der Waals surface area contributed by atoms with Gasteiger partial charge in [0.05, 0.1) is 12.3 Å². The van der Waals surface area contributed by atoms with Crippen molar-refractivity contribution in [2.24, 2.45) is 0 Å². The molecule has 60 heavy (non-hydrogen) atoms. The molecule has 0 bridgehead atoms. The molecule has 4 nitrogen and oxygen atoms in total. The van der Waals surface area contributed by atoms with E-state index in [1.807, 2.05) is 109 Å². The summed E-state index contributed by atoms with van der Waals surface area (Å²) in [6, 6.07) is 44.0. The highest BCUT2D eigenvalue weighted by Gasteiger charge is 2.19. The molecule has 12 rings (SSSR count). The predicted molar refractivity (Wildman–Crippen MR) is 250 cm³/mol. The number of aromatic nitrogens is 3. The van der Waals surface area contributed by atoms with Gasteiger partial charge in [-0.3, -0.25) is 0 Å². The van der Waals surface area contributed by atoms with Gasteiger partial charge < -0.3 is 4.42 Å². The third kappa shape index (κ3) is 5.78. The van der Waals surface area contributed by atoms with Crippen molar-refractivity contribution >= 4 is 64.2 Å². The Labute approximate surface area is 362 Å². The average molecular weight is 793 g/mol. The van der Waals surface area contributed by atoms with Crippen LogP contribution in [0.15, 0.2) is 204 Å². The molecule has 0 aliphatic carbocycles. The van der Waals surface area contributed by atoms with E-state index in [1.54, 1.807) is 18.2 Å². The Morgan fingerprint density at radius 3 is 1.83 bits per heavy atom. The van der Waals surface area contributed by atoms with Gasteiger partial charge in [-0.1, -0.05) is 164 Å². The number of benzene rings is 9. The summed E-state index contributed by atoms with van der Waals surface area (Å²) < 4.78 is 87.0. The molecule has 12 aromatic rings. The van der Waals surface area contributed by atoms with Gasteiger partial charge in [0.2, 0.25) is 0 Å². The zero-order chi connectivity index (χ0) is 47.4. The SMILES string of the molecule is [2H]c1c([2H])c(-c2cccc(-c3nc(-c4cccc(-c5ccccc5)c4)nc(-c4ccc5c(c4)oc4cccc(-c6ccccc6)c45)n3)c2)c2c(sc3c4c([2H])c([2H])c([2H])c([2H])c4c([2H])c([2H])c32)c1[2H]. The maximum atomic E-state index is 9.34. The monoisotopic (exact) mass is 792 g/mol. The zero-order valence-electron chi connectivity index (χ0n) is 40.5. The van der Waals surface area contributed by atoms with E-state index in [9.17, 15) is 2.74 Å². The number of thiophene rings is 1. The summed E-state index contributed by atoms with van der Waals surface area (Å²) in [6.45, 7) is 0. The van der Waals surface area contributed by atoms with Crippen molar-refractivity contribution in [2.75, 3.05) is 0 Å². The van der Waals surface area contributed by atoms with Crippen LogP contribution in [0.4, 0.5) is 0 Å². The summed E-state index contributed by atoms with van der Waals surface area (Å²) in [5.74, 6) is 1.11. The molecule has 3 aromatic heterocycles. The van der Waals surface area contributed by atoms with Crippen molar-refractivity contribution in [2.45, 2.75) is 0 Å². The Morgan fingerprint density at radius 1 is 0.400 bits per heavy atom. The molecule has 9 aromatic carbocycles. The lowest BCUT2D eigenvalue weighted by Crippen LogP contribution is -2.00. The van der Waals surface area contributed by atoms with Crippen LogP contribution in [-0.2, 0) is 0 Å². The van der Waals surface area contributed by atoms with E-state index in [-0.39, 0.29) is 66.7 Å². The third-order valence-corrected chi connectivity index (χ3v) is 12.0. The van der Waals surface area contributed by atoms with Gasteiger partial charge >= 0.3 is 0 Å². The Bertz CT molecular complexity index is 4140. The summed E-state index contributed by atoms with van der Waals surface area (Å²) in [5, 5.41) is 2.38. The highest BCUT2D eigenvalue weighted by molar-refractivity contribution is 7.26. The smallest absolute Gasteiger partial charge is 0.164 e. The molecule has 0 saturated carbocycles. The minimum absolute atomic E-state index is 0.0643. The second-order valence-electron chi connectivity index (χ2n) is 14.5. The molecule has 0 N–H and O–H groups in total. The first kappa shape index (κ1) is 26.3. The lowest BCUT2D eigenvalue weighted by molar-refractivity contribution is 0.669. The van der Waals surface area contributed by atoms with Crippen LogP contribution in [0.5, 0.6) is 0 Å². The van der Waals surface area contributed by atoms with Crippen molar-refractivity contribution in [1.29, 1.82) is 0 Å². The molecule has 0 unspecified atom stereocenters. The minimum Gasteiger partial charge on any atom is -0.456 e. The van der Waals surface area contributed by atoms with Gasteiger partial charge in [-0.25, -0.2) is 15.0 Å². The second-order valence-corrected chi connectivity index (χ2v) is 15.5. The number of fused-ring (bicyclic) bond motifs is 8. The standard InChI is InChI=1S/C55H33N3OS/c1-3-13-34(14-4-1)37-18-9-20-39(31-37)53-56-54(58-55(57-53)41-28-29-45-48(33-41)59-47-25-11-23-42(50(45)47)35-15-5-2-6-16-35)40-21-10-19-38(32-40)43-24-12-26-49-51(43)46-30-27-36-17-7-8-22-44(36)52(46)60-49/h1-33H/i7D,8D,12D,17D,22D,24D,26D,27D,30D. The molecule has 0 aliphatic rings. The highest BCUT2D eigenvalue weighted by atomic mass is 32.1. The van der Waals surface area contributed by atoms with Crippen LogP contribution in [0.1, 0.15) is 12.3 Å². The number of rotatable bonds is 6. The van der Waals surface area contributed by atoms with Gasteiger partial charge in [0, 0.05) is 47.6 Å². The number of hydrogen-bond acceptors (Lipinski definition) is 5. The first-order valence-corrected chi connectivity index (χ1v) is 20.2. The molecule has 0 spiro atoms. The largest absolute Gasteiger partial charge is 0.456 e. The van der Waals surface area contributed by atoms with E-state index in [4.69, 9.17) is 29.0 Å². The van der Waals surface area contributed by atoms with Crippen LogP contribution in [-0.4, -0.2) is 15.0 Å². The lowest BCUT2D eigenvalue weighted by atomic mass is 9.97. The molecular weight excluding hydrogens is 751 g/mol. The summed E-state index contributed by atoms with van der Waals surface area (Å²) >= 11 is 1.03. The molecule has 0 amide bonds. The Balaban J connectivity index is 1.07. The first-order valence-electron chi connectivity index (χ1n) is 23.9. The van der Waals surface area contributed by atoms with Gasteiger partial charge in [0.15, 0.2) is 17.5 Å². The predicted octanol–water partition coefficient (Wildman–Crippen LogP) is 15.3. The third-order valence-electron chi connectivity index (χ3n) is 10.9. The van der Waals surface area contributed by atoms with Crippen LogP contribution in [0.25, 0.3) is 120 Å². The molecular formula is C55H33N3OS. The number of furan rings is 1. The summed E-state index contributed by atoms with van der Waals surface area (Å²) in [4.78, 5) is 15.2. The zero-order valence-corrected chi connectivity index (χ0v) is 32.3. The van der Waals surface area contributed by atoms with Crippen LogP contribution in [0, 0.1) is 0 Å². The number of hydrogen-bond donors (Lipinski definition) is 0. The van der Waals surface area contributed by atoms with E-state index in [1.165, 1.54) is 0 Å². The molecule has 0 atom stereocenters. The quantitative estimate of drug-likeness (QED) is 0.168. The van der Waals surface area contributed by atoms with Crippen molar-refractivity contribution < 1.29 is 16.8 Å². The van der Waals surface area contributed by atoms with Crippen LogP contribution in [0.3, 0.4) is 0 Å². The summed E-state index contributed by atoms with van der Waals surface area (Å²) in [7, 11) is 0. The molecule has 3 heterocycles. The van der Waals surface area contributed by atoms with Gasteiger partial charge in [-0.2, -0.15) is 0 Å². The fraction of sp³-hybridized carbons (Fsp3) is 0. The van der Waals surface area contributed by atoms with Gasteiger partial charge in [-0.15, -0.1) is 11.3 Å². The fourth-order valence-corrected chi connectivity index (χ4v) is 9.18. The van der Waals surface area contributed by atoms with Crippen LogP contribution in [0.2, 0.25) is 0 Å². The Kier molecular flexibility index (Phi) is 6.13. The minimum atomic E-state index is -0.512. The molecule has 0 fully saturated rings. The van der Waals surface area contributed by atoms with Crippen molar-refractivity contribution in [3.63, 3.8) is 0 Å². The average Bonchev–Trinajstić information content (AvgIpc) is 3.97. The van der Waals surface area contributed by atoms with E-state index < -0.39 is 24.2 Å². The maximum Gasteiger partial charge on any atom is 0.164 e.